The Labute approximate surface area is 172 Å². The maximum absolute atomic E-state index is 8.88. The van der Waals surface area contributed by atoms with Crippen molar-refractivity contribution in [3.63, 3.8) is 0 Å². The molecule has 0 saturated carbocycles. The standard InChI is InChI=1S/C17H34O7.H3O4P/c1-3-5-6-7-8-9-10-11-12-13-14-15-17-19-21-23-24-22-20-18-16-4-2;1-5(2,3)4/h4,16H,3,5-15,17H2,1-2H3;(H3,1,2,3,4). The minimum Gasteiger partial charge on any atom is -0.314 e. The lowest BCUT2D eigenvalue weighted by molar-refractivity contribution is -0.786. The van der Waals surface area contributed by atoms with Gasteiger partial charge in [0.15, 0.2) is 0 Å². The molecule has 12 heteroatoms. The summed E-state index contributed by atoms with van der Waals surface area (Å²) in [5, 5.41) is 20.2. The van der Waals surface area contributed by atoms with E-state index in [0.29, 0.717) is 6.61 Å². The van der Waals surface area contributed by atoms with Crippen LogP contribution in [-0.2, 0) is 39.5 Å². The Hall–Kier alpha value is -0.590. The molecule has 0 saturated heterocycles. The smallest absolute Gasteiger partial charge is 0.314 e. The Morgan fingerprint density at radius 1 is 0.690 bits per heavy atom. The lowest BCUT2D eigenvalue weighted by atomic mass is 10.1. The molecule has 0 aliphatic carbocycles. The van der Waals surface area contributed by atoms with Crippen LogP contribution < -0.4 is 0 Å². The maximum Gasteiger partial charge on any atom is 0.466 e. The fourth-order valence-corrected chi connectivity index (χ4v) is 2.18. The van der Waals surface area contributed by atoms with Gasteiger partial charge in [-0.25, -0.2) is 9.45 Å². The Morgan fingerprint density at radius 3 is 1.59 bits per heavy atom. The molecule has 0 heterocycles. The van der Waals surface area contributed by atoms with Gasteiger partial charge in [0.25, 0.3) is 0 Å². The third-order valence-corrected chi connectivity index (χ3v) is 3.47. The summed E-state index contributed by atoms with van der Waals surface area (Å²) >= 11 is 0. The monoisotopic (exact) mass is 448 g/mol. The number of rotatable bonds is 20. The van der Waals surface area contributed by atoms with E-state index in [1.165, 1.54) is 70.5 Å². The molecule has 11 nitrogen and oxygen atoms in total. The second kappa shape index (κ2) is 25.4. The van der Waals surface area contributed by atoms with Crippen molar-refractivity contribution in [1.29, 1.82) is 0 Å². The van der Waals surface area contributed by atoms with Crippen molar-refractivity contribution in [3.05, 3.63) is 12.3 Å². The molecule has 3 N–H and O–H groups in total. The number of hydrogen-bond acceptors (Lipinski definition) is 8. The third kappa shape index (κ3) is 42.5. The lowest BCUT2D eigenvalue weighted by Gasteiger charge is -2.03. The topological polar surface area (TPSA) is 142 Å². The van der Waals surface area contributed by atoms with Crippen LogP contribution in [-0.4, -0.2) is 21.3 Å². The van der Waals surface area contributed by atoms with Crippen molar-refractivity contribution in [3.8, 4) is 0 Å². The molecule has 0 bridgehead atoms. The summed E-state index contributed by atoms with van der Waals surface area (Å²) in [6.07, 6.45) is 18.3. The first-order valence-corrected chi connectivity index (χ1v) is 11.5. The summed E-state index contributed by atoms with van der Waals surface area (Å²) < 4.78 is 8.88. The molecule has 0 rings (SSSR count). The van der Waals surface area contributed by atoms with E-state index < -0.39 is 7.82 Å². The third-order valence-electron chi connectivity index (χ3n) is 3.47. The zero-order chi connectivity index (χ0) is 22.1. The molecule has 0 aromatic heterocycles. The summed E-state index contributed by atoms with van der Waals surface area (Å²) in [7, 11) is -4.64. The molecule has 0 fully saturated rings. The summed E-state index contributed by atoms with van der Waals surface area (Å²) in [6, 6.07) is 0. The highest BCUT2D eigenvalue weighted by Gasteiger charge is 2.00. The first kappa shape index (κ1) is 30.6. The normalized spacial score (nSPS) is 11.5. The van der Waals surface area contributed by atoms with Crippen molar-refractivity contribution >= 4 is 7.82 Å². The highest BCUT2D eigenvalue weighted by molar-refractivity contribution is 7.45. The molecular weight excluding hydrogens is 411 g/mol. The molecule has 0 spiro atoms. The lowest BCUT2D eigenvalue weighted by Crippen LogP contribution is -2.01. The predicted octanol–water partition coefficient (Wildman–Crippen LogP) is 4.90. The van der Waals surface area contributed by atoms with Crippen LogP contribution >= 0.6 is 7.82 Å². The van der Waals surface area contributed by atoms with Crippen molar-refractivity contribution < 1.29 is 54.2 Å². The summed E-state index contributed by atoms with van der Waals surface area (Å²) in [5.41, 5.74) is 0. The van der Waals surface area contributed by atoms with E-state index in [2.05, 4.69) is 37.0 Å². The molecule has 0 unspecified atom stereocenters. The van der Waals surface area contributed by atoms with Crippen LogP contribution in [0.5, 0.6) is 0 Å². The van der Waals surface area contributed by atoms with E-state index in [1.54, 1.807) is 13.0 Å². The zero-order valence-electron chi connectivity index (χ0n) is 17.4. The Kier molecular flexibility index (Phi) is 26.9. The van der Waals surface area contributed by atoms with Crippen molar-refractivity contribution in [2.45, 2.75) is 90.9 Å². The quantitative estimate of drug-likeness (QED) is 0.0769. The van der Waals surface area contributed by atoms with Crippen LogP contribution in [0.2, 0.25) is 0 Å². The highest BCUT2D eigenvalue weighted by Crippen LogP contribution is 2.25. The van der Waals surface area contributed by atoms with E-state index in [4.69, 9.17) is 24.1 Å². The summed E-state index contributed by atoms with van der Waals surface area (Å²) in [5.74, 6) is 0. The van der Waals surface area contributed by atoms with E-state index in [9.17, 15) is 0 Å². The van der Waals surface area contributed by atoms with Crippen LogP contribution in [0.1, 0.15) is 90.9 Å². The molecule has 176 valence electrons. The predicted molar refractivity (Wildman–Crippen MR) is 103 cm³/mol. The van der Waals surface area contributed by atoms with E-state index in [0.717, 1.165) is 12.8 Å². The molecule has 0 aliphatic rings. The Morgan fingerprint density at radius 2 is 1.10 bits per heavy atom. The average Bonchev–Trinajstić information content (AvgIpc) is 2.65. The first-order valence-electron chi connectivity index (χ1n) is 9.92. The number of phosphoric acid groups is 1. The fraction of sp³-hybridized carbons (Fsp3) is 0.882. The number of unbranched alkanes of at least 4 members (excludes halogenated alkanes) is 11. The van der Waals surface area contributed by atoms with E-state index >= 15 is 0 Å². The fourth-order valence-electron chi connectivity index (χ4n) is 2.18. The molecule has 0 radical (unpaired) electrons. The van der Waals surface area contributed by atoms with Crippen LogP contribution in [0.25, 0.3) is 0 Å². The van der Waals surface area contributed by atoms with Gasteiger partial charge in [-0.15, -0.1) is 0 Å². The van der Waals surface area contributed by atoms with Crippen molar-refractivity contribution in [1.82, 2.24) is 0 Å². The second-order valence-corrected chi connectivity index (χ2v) is 7.16. The van der Waals surface area contributed by atoms with Crippen molar-refractivity contribution in [2.75, 3.05) is 6.61 Å². The highest BCUT2D eigenvalue weighted by atomic mass is 31.2. The van der Waals surface area contributed by atoms with Crippen LogP contribution in [0.3, 0.4) is 0 Å². The Balaban J connectivity index is 0. The Bertz CT molecular complexity index is 368. The van der Waals surface area contributed by atoms with Gasteiger partial charge in [-0.05, 0) is 29.5 Å². The largest absolute Gasteiger partial charge is 0.466 e. The van der Waals surface area contributed by atoms with Gasteiger partial charge < -0.3 is 19.6 Å². The van der Waals surface area contributed by atoms with E-state index in [-0.39, 0.29) is 0 Å². The SMILES string of the molecule is CC=COOOOOOOCCCCCCCCCCCCCC.O=P(O)(O)O. The molecule has 29 heavy (non-hydrogen) atoms. The molecule has 0 atom stereocenters. The van der Waals surface area contributed by atoms with Gasteiger partial charge in [0.05, 0.1) is 6.61 Å². The first-order chi connectivity index (χ1) is 13.9. The van der Waals surface area contributed by atoms with Crippen LogP contribution in [0, 0.1) is 0 Å². The molecule has 0 aromatic rings. The van der Waals surface area contributed by atoms with Gasteiger partial charge >= 0.3 is 7.82 Å². The average molecular weight is 448 g/mol. The summed E-state index contributed by atoms with van der Waals surface area (Å²) in [6.45, 7) is 4.42. The molecular formula is C17H37O11P. The van der Waals surface area contributed by atoms with Gasteiger partial charge in [0.2, 0.25) is 0 Å². The van der Waals surface area contributed by atoms with Gasteiger partial charge in [0.1, 0.15) is 6.26 Å². The number of allylic oxidation sites excluding steroid dienone is 1. The molecule has 0 aliphatic heterocycles. The van der Waals surface area contributed by atoms with Gasteiger partial charge in [0, 0.05) is 15.1 Å². The minimum atomic E-state index is -4.64. The van der Waals surface area contributed by atoms with Crippen LogP contribution in [0.4, 0.5) is 0 Å². The number of hydrogen-bond donors (Lipinski definition) is 3. The van der Waals surface area contributed by atoms with Gasteiger partial charge in [-0.2, -0.15) is 0 Å². The molecule has 0 amide bonds. The molecule has 0 aromatic carbocycles. The second-order valence-electron chi connectivity index (χ2n) is 6.13. The zero-order valence-corrected chi connectivity index (χ0v) is 18.3. The van der Waals surface area contributed by atoms with Gasteiger partial charge in [-0.1, -0.05) is 77.6 Å². The van der Waals surface area contributed by atoms with E-state index in [1.807, 2.05) is 0 Å². The van der Waals surface area contributed by atoms with Crippen LogP contribution in [0.15, 0.2) is 12.3 Å². The summed E-state index contributed by atoms with van der Waals surface area (Å²) in [4.78, 5) is 30.6. The minimum absolute atomic E-state index is 0.427. The van der Waals surface area contributed by atoms with Gasteiger partial charge in [-0.3, -0.25) is 0 Å². The van der Waals surface area contributed by atoms with Crippen molar-refractivity contribution in [2.24, 2.45) is 0 Å². The maximum atomic E-state index is 8.88.